The molecule has 2 unspecified atom stereocenters. The maximum absolute atomic E-state index is 6.50. The summed E-state index contributed by atoms with van der Waals surface area (Å²) in [5.74, 6) is 2.12. The van der Waals surface area contributed by atoms with E-state index in [9.17, 15) is 0 Å². The highest BCUT2D eigenvalue weighted by Gasteiger charge is 2.34. The molecule has 2 aliphatic heterocycles. The van der Waals surface area contributed by atoms with E-state index < -0.39 is 0 Å². The fraction of sp³-hybridized carbons (Fsp3) is 0.0488. The first-order valence-corrected chi connectivity index (χ1v) is 15.5. The Morgan fingerprint density at radius 1 is 0.600 bits per heavy atom. The molecule has 0 bridgehead atoms. The van der Waals surface area contributed by atoms with E-state index in [1.165, 1.54) is 27.5 Å². The summed E-state index contributed by atoms with van der Waals surface area (Å²) in [6.07, 6.45) is 8.66. The first-order valence-electron chi connectivity index (χ1n) is 15.5. The second-order valence-corrected chi connectivity index (χ2v) is 12.0. The molecule has 3 aliphatic rings. The highest BCUT2D eigenvalue weighted by Crippen LogP contribution is 2.50. The van der Waals surface area contributed by atoms with Crippen LogP contribution in [-0.4, -0.2) is 15.7 Å². The molecular weight excluding hydrogens is 550 g/mol. The lowest BCUT2D eigenvalue weighted by molar-refractivity contribution is 0.270. The van der Waals surface area contributed by atoms with Crippen LogP contribution in [0.2, 0.25) is 0 Å². The van der Waals surface area contributed by atoms with Crippen molar-refractivity contribution in [2.24, 2.45) is 0 Å². The van der Waals surface area contributed by atoms with Crippen LogP contribution in [0.5, 0.6) is 5.75 Å². The number of imidazole rings is 1. The Hall–Kier alpha value is -5.87. The first-order chi connectivity index (χ1) is 22.3. The van der Waals surface area contributed by atoms with Crippen LogP contribution in [0, 0.1) is 0 Å². The summed E-state index contributed by atoms with van der Waals surface area (Å²) in [6.45, 7) is 0. The molecule has 0 N–H and O–H groups in total. The summed E-state index contributed by atoms with van der Waals surface area (Å²) in [5, 5.41) is 2.41. The van der Waals surface area contributed by atoms with Gasteiger partial charge in [0.15, 0.2) is 0 Å². The van der Waals surface area contributed by atoms with Gasteiger partial charge in [-0.1, -0.05) is 103 Å². The standard InChI is InChI=1S/C41H27N3O/c1-2-11-28-25-38-34(24-27(28)10-1)31-12-3-6-17-36(31)44-37-18-7-5-16-35(37)42-41(44)43(38)29-22-20-26(21-23-29)30-14-9-15-33-32-13-4-8-19-39(32)45-40(30)33/h1-25,32,39H. The van der Waals surface area contributed by atoms with Crippen molar-refractivity contribution in [3.8, 4) is 33.7 Å². The molecule has 0 spiro atoms. The SMILES string of the molecule is C1=CC2Oc3c(-c4ccc(N5c6cc7ccccc7cc6-c6ccccc6-n6c5nc5ccccc56)cc4)cccc3C2C=C1. The van der Waals surface area contributed by atoms with Gasteiger partial charge in [0.25, 0.3) is 0 Å². The number of rotatable bonds is 2. The monoisotopic (exact) mass is 577 g/mol. The number of ether oxygens (including phenoxy) is 1. The molecule has 7 aromatic rings. The molecule has 45 heavy (non-hydrogen) atoms. The van der Waals surface area contributed by atoms with Crippen molar-refractivity contribution in [1.29, 1.82) is 0 Å². The third kappa shape index (κ3) is 3.57. The predicted octanol–water partition coefficient (Wildman–Crippen LogP) is 10.3. The molecule has 0 saturated carbocycles. The third-order valence-corrected chi connectivity index (χ3v) is 9.46. The van der Waals surface area contributed by atoms with Gasteiger partial charge >= 0.3 is 0 Å². The minimum Gasteiger partial charge on any atom is -0.484 e. The predicted molar refractivity (Wildman–Crippen MR) is 183 cm³/mol. The molecule has 212 valence electrons. The third-order valence-electron chi connectivity index (χ3n) is 9.46. The van der Waals surface area contributed by atoms with Gasteiger partial charge in [0, 0.05) is 33.9 Å². The number of hydrogen-bond acceptors (Lipinski definition) is 3. The van der Waals surface area contributed by atoms with Crippen LogP contribution in [0.3, 0.4) is 0 Å². The van der Waals surface area contributed by atoms with Gasteiger partial charge in [-0.25, -0.2) is 4.98 Å². The zero-order chi connectivity index (χ0) is 29.5. The van der Waals surface area contributed by atoms with Gasteiger partial charge in [0.1, 0.15) is 11.9 Å². The molecule has 0 radical (unpaired) electrons. The lowest BCUT2D eigenvalue weighted by Crippen LogP contribution is -2.15. The van der Waals surface area contributed by atoms with Crippen LogP contribution in [-0.2, 0) is 0 Å². The van der Waals surface area contributed by atoms with E-state index in [-0.39, 0.29) is 12.0 Å². The van der Waals surface area contributed by atoms with Gasteiger partial charge < -0.3 is 4.74 Å². The molecule has 4 nitrogen and oxygen atoms in total. The summed E-state index contributed by atoms with van der Waals surface area (Å²) in [5.41, 5.74) is 11.2. The molecule has 2 atom stereocenters. The summed E-state index contributed by atoms with van der Waals surface area (Å²) in [4.78, 5) is 7.60. The van der Waals surface area contributed by atoms with Crippen molar-refractivity contribution in [1.82, 2.24) is 9.55 Å². The number of hydrogen-bond donors (Lipinski definition) is 0. The Labute approximate surface area is 260 Å². The fourth-order valence-corrected chi connectivity index (χ4v) is 7.37. The number of anilines is 3. The second-order valence-electron chi connectivity index (χ2n) is 12.0. The summed E-state index contributed by atoms with van der Waals surface area (Å²) < 4.78 is 8.81. The maximum atomic E-state index is 6.50. The normalized spacial score (nSPS) is 17.3. The zero-order valence-electron chi connectivity index (χ0n) is 24.3. The lowest BCUT2D eigenvalue weighted by atomic mass is 9.90. The quantitative estimate of drug-likeness (QED) is 0.205. The topological polar surface area (TPSA) is 30.3 Å². The Bertz CT molecular complexity index is 2380. The number of fused-ring (bicyclic) bond motifs is 11. The molecule has 1 aromatic heterocycles. The molecule has 4 heteroatoms. The van der Waals surface area contributed by atoms with Gasteiger partial charge in [-0.05, 0) is 64.9 Å². The zero-order valence-corrected chi connectivity index (χ0v) is 24.3. The highest BCUT2D eigenvalue weighted by molar-refractivity contribution is 6.02. The minimum absolute atomic E-state index is 0.0588. The van der Waals surface area contributed by atoms with Crippen molar-refractivity contribution in [3.63, 3.8) is 0 Å². The van der Waals surface area contributed by atoms with Crippen LogP contribution < -0.4 is 9.64 Å². The number of benzene rings is 6. The van der Waals surface area contributed by atoms with Gasteiger partial charge in [0.2, 0.25) is 5.95 Å². The number of aromatic nitrogens is 2. The molecule has 3 heterocycles. The largest absolute Gasteiger partial charge is 0.484 e. The van der Waals surface area contributed by atoms with Crippen LogP contribution >= 0.6 is 0 Å². The van der Waals surface area contributed by atoms with Crippen LogP contribution in [0.1, 0.15) is 11.5 Å². The molecule has 0 amide bonds. The molecule has 6 aromatic carbocycles. The van der Waals surface area contributed by atoms with Gasteiger partial charge in [-0.15, -0.1) is 0 Å². The van der Waals surface area contributed by atoms with Crippen molar-refractivity contribution in [2.45, 2.75) is 12.0 Å². The smallest absolute Gasteiger partial charge is 0.220 e. The van der Waals surface area contributed by atoms with Crippen molar-refractivity contribution in [2.75, 3.05) is 4.90 Å². The average molecular weight is 578 g/mol. The molecule has 0 fully saturated rings. The van der Waals surface area contributed by atoms with Gasteiger partial charge in [0.05, 0.1) is 22.4 Å². The van der Waals surface area contributed by atoms with E-state index in [4.69, 9.17) is 9.72 Å². The lowest BCUT2D eigenvalue weighted by Gasteiger charge is -2.25. The number of para-hydroxylation sites is 4. The second kappa shape index (κ2) is 9.31. The Morgan fingerprint density at radius 3 is 2.27 bits per heavy atom. The first kappa shape index (κ1) is 24.6. The van der Waals surface area contributed by atoms with Gasteiger partial charge in [-0.3, -0.25) is 9.47 Å². The molecule has 1 aliphatic carbocycles. The Balaban J connectivity index is 1.19. The molecule has 10 rings (SSSR count). The number of allylic oxidation sites excluding steroid dienone is 2. The van der Waals surface area contributed by atoms with E-state index in [1.807, 2.05) is 0 Å². The van der Waals surface area contributed by atoms with E-state index in [2.05, 4.69) is 161 Å². The maximum Gasteiger partial charge on any atom is 0.220 e. The van der Waals surface area contributed by atoms with Crippen molar-refractivity contribution < 1.29 is 4.74 Å². The van der Waals surface area contributed by atoms with E-state index in [0.717, 1.165) is 50.9 Å². The average Bonchev–Trinajstić information content (AvgIpc) is 3.64. The number of nitrogens with zero attached hydrogens (tertiary/aromatic N) is 3. The van der Waals surface area contributed by atoms with Crippen molar-refractivity contribution in [3.05, 3.63) is 157 Å². The summed E-state index contributed by atoms with van der Waals surface area (Å²) in [7, 11) is 0. The Morgan fingerprint density at radius 2 is 1.36 bits per heavy atom. The summed E-state index contributed by atoms with van der Waals surface area (Å²) >= 11 is 0. The molecular formula is C41H27N3O. The van der Waals surface area contributed by atoms with E-state index in [1.54, 1.807) is 0 Å². The van der Waals surface area contributed by atoms with Gasteiger partial charge in [-0.2, -0.15) is 0 Å². The van der Waals surface area contributed by atoms with Crippen LogP contribution in [0.15, 0.2) is 152 Å². The molecule has 0 saturated heterocycles. The highest BCUT2D eigenvalue weighted by atomic mass is 16.5. The van der Waals surface area contributed by atoms with Crippen molar-refractivity contribution >= 4 is 39.1 Å². The van der Waals surface area contributed by atoms with E-state index >= 15 is 0 Å². The van der Waals surface area contributed by atoms with E-state index in [0.29, 0.717) is 0 Å². The van der Waals surface area contributed by atoms with Crippen LogP contribution in [0.4, 0.5) is 17.3 Å². The minimum atomic E-state index is 0.0588. The fourth-order valence-electron chi connectivity index (χ4n) is 7.37. The van der Waals surface area contributed by atoms with Crippen LogP contribution in [0.25, 0.3) is 49.7 Å². The summed E-state index contributed by atoms with van der Waals surface area (Å²) in [6, 6.07) is 45.7. The Kier molecular flexibility index (Phi) is 5.08.